The summed E-state index contributed by atoms with van der Waals surface area (Å²) in [7, 11) is -2.19. The number of rotatable bonds is 4. The second-order valence-corrected chi connectivity index (χ2v) is 6.46. The van der Waals surface area contributed by atoms with Crippen molar-refractivity contribution in [2.24, 2.45) is 5.73 Å². The van der Waals surface area contributed by atoms with Crippen molar-refractivity contribution >= 4 is 33.0 Å². The van der Waals surface area contributed by atoms with Crippen LogP contribution >= 0.6 is 12.2 Å². The third kappa shape index (κ3) is 2.78. The second-order valence-electron chi connectivity index (χ2n) is 4.05. The van der Waals surface area contributed by atoms with Crippen LogP contribution in [0.2, 0.25) is 0 Å². The van der Waals surface area contributed by atoms with Gasteiger partial charge in [-0.3, -0.25) is 4.31 Å². The van der Waals surface area contributed by atoms with E-state index in [1.165, 1.54) is 25.4 Å². The fourth-order valence-electron chi connectivity index (χ4n) is 1.61. The highest BCUT2D eigenvalue weighted by Crippen LogP contribution is 2.20. The molecule has 0 saturated heterocycles. The van der Waals surface area contributed by atoms with Crippen molar-refractivity contribution in [3.8, 4) is 0 Å². The predicted octanol–water partition coefficient (Wildman–Crippen LogP) is 1.54. The van der Waals surface area contributed by atoms with Gasteiger partial charge in [0.1, 0.15) is 10.8 Å². The van der Waals surface area contributed by atoms with E-state index in [0.29, 0.717) is 11.4 Å². The normalized spacial score (nSPS) is 11.1. The van der Waals surface area contributed by atoms with Gasteiger partial charge in [-0.1, -0.05) is 30.4 Å². The molecule has 2 aromatic rings. The van der Waals surface area contributed by atoms with Crippen LogP contribution in [0.25, 0.3) is 0 Å². The van der Waals surface area contributed by atoms with Gasteiger partial charge in [0.05, 0.1) is 4.90 Å². The summed E-state index contributed by atoms with van der Waals surface area (Å²) >= 11 is 4.83. The summed E-state index contributed by atoms with van der Waals surface area (Å²) in [6, 6.07) is 11.2. The lowest BCUT2D eigenvalue weighted by Gasteiger charge is -2.18. The monoisotopic (exact) mass is 307 g/mol. The summed E-state index contributed by atoms with van der Waals surface area (Å²) in [5, 5.41) is 0. The molecule has 0 atom stereocenters. The van der Waals surface area contributed by atoms with Crippen LogP contribution in [0, 0.1) is 0 Å². The lowest BCUT2D eigenvalue weighted by molar-refractivity contribution is 0.594. The zero-order chi connectivity index (χ0) is 14.8. The van der Waals surface area contributed by atoms with Crippen molar-refractivity contribution in [3.63, 3.8) is 0 Å². The topological polar surface area (TPSA) is 76.3 Å². The summed E-state index contributed by atoms with van der Waals surface area (Å²) in [6.45, 7) is 0. The minimum Gasteiger partial charge on any atom is -0.389 e. The average Bonchev–Trinajstić information content (AvgIpc) is 2.47. The Hall–Kier alpha value is -1.99. The Morgan fingerprint density at radius 1 is 1.20 bits per heavy atom. The number of nitrogens with two attached hydrogens (primary N) is 1. The summed E-state index contributed by atoms with van der Waals surface area (Å²) in [6.07, 6.45) is 1.54. The minimum absolute atomic E-state index is 0.158. The zero-order valence-corrected chi connectivity index (χ0v) is 12.4. The molecule has 0 amide bonds. The largest absolute Gasteiger partial charge is 0.389 e. The Morgan fingerprint density at radius 2 is 1.85 bits per heavy atom. The van der Waals surface area contributed by atoms with Gasteiger partial charge in [-0.2, -0.15) is 0 Å². The summed E-state index contributed by atoms with van der Waals surface area (Å²) in [5.41, 5.74) is 6.11. The highest BCUT2D eigenvalue weighted by molar-refractivity contribution is 7.92. The zero-order valence-electron chi connectivity index (χ0n) is 10.7. The summed E-state index contributed by atoms with van der Waals surface area (Å²) in [5.74, 6) is 0.353. The van der Waals surface area contributed by atoms with Gasteiger partial charge in [-0.05, 0) is 24.3 Å². The Labute approximate surface area is 123 Å². The lowest BCUT2D eigenvalue weighted by Crippen LogP contribution is -2.27. The number of aromatic nitrogens is 1. The number of pyridine rings is 1. The SMILES string of the molecule is CN(c1ccccn1)S(=O)(=O)c1ccc(C(N)=S)cc1. The van der Waals surface area contributed by atoms with Crippen LogP contribution in [0.4, 0.5) is 5.82 Å². The van der Waals surface area contributed by atoms with Gasteiger partial charge in [0, 0.05) is 18.8 Å². The molecule has 0 aliphatic carbocycles. The lowest BCUT2D eigenvalue weighted by atomic mass is 10.2. The van der Waals surface area contributed by atoms with E-state index in [1.54, 1.807) is 30.3 Å². The molecule has 7 heteroatoms. The van der Waals surface area contributed by atoms with Crippen molar-refractivity contribution < 1.29 is 8.42 Å². The molecular weight excluding hydrogens is 294 g/mol. The maximum absolute atomic E-state index is 12.4. The molecular formula is C13H13N3O2S2. The fourth-order valence-corrected chi connectivity index (χ4v) is 2.90. The number of anilines is 1. The predicted molar refractivity (Wildman–Crippen MR) is 82.2 cm³/mol. The summed E-state index contributed by atoms with van der Waals surface area (Å²) in [4.78, 5) is 4.41. The average molecular weight is 307 g/mol. The van der Waals surface area contributed by atoms with Crippen molar-refractivity contribution in [1.82, 2.24) is 4.98 Å². The molecule has 0 aliphatic rings. The molecule has 0 radical (unpaired) electrons. The first-order valence-electron chi connectivity index (χ1n) is 5.73. The summed E-state index contributed by atoms with van der Waals surface area (Å²) < 4.78 is 26.0. The highest BCUT2D eigenvalue weighted by Gasteiger charge is 2.21. The fraction of sp³-hybridized carbons (Fsp3) is 0.0769. The van der Waals surface area contributed by atoms with Crippen LogP contribution in [-0.4, -0.2) is 25.4 Å². The van der Waals surface area contributed by atoms with E-state index < -0.39 is 10.0 Å². The molecule has 0 fully saturated rings. The number of nitrogens with zero attached hydrogens (tertiary/aromatic N) is 2. The van der Waals surface area contributed by atoms with E-state index in [-0.39, 0.29) is 9.88 Å². The first-order valence-corrected chi connectivity index (χ1v) is 7.57. The van der Waals surface area contributed by atoms with Crippen LogP contribution in [0.15, 0.2) is 53.6 Å². The van der Waals surface area contributed by atoms with Crippen LogP contribution in [0.1, 0.15) is 5.56 Å². The molecule has 0 unspecified atom stereocenters. The first kappa shape index (κ1) is 14.4. The molecule has 20 heavy (non-hydrogen) atoms. The number of hydrogen-bond donors (Lipinski definition) is 1. The standard InChI is InChI=1S/C13H13N3O2S2/c1-16(12-4-2-3-9-15-12)20(17,18)11-7-5-10(6-8-11)13(14)19/h2-9H,1H3,(H2,14,19). The van der Waals surface area contributed by atoms with E-state index >= 15 is 0 Å². The molecule has 0 aliphatic heterocycles. The number of benzene rings is 1. The van der Waals surface area contributed by atoms with Gasteiger partial charge in [0.15, 0.2) is 0 Å². The van der Waals surface area contributed by atoms with Gasteiger partial charge in [0.25, 0.3) is 10.0 Å². The van der Waals surface area contributed by atoms with Gasteiger partial charge in [-0.25, -0.2) is 13.4 Å². The van der Waals surface area contributed by atoms with Crippen LogP contribution < -0.4 is 10.0 Å². The Morgan fingerprint density at radius 3 is 2.35 bits per heavy atom. The van der Waals surface area contributed by atoms with Crippen LogP contribution in [0.3, 0.4) is 0 Å². The van der Waals surface area contributed by atoms with Gasteiger partial charge in [0.2, 0.25) is 0 Å². The second kappa shape index (κ2) is 5.56. The van der Waals surface area contributed by atoms with Gasteiger partial charge < -0.3 is 5.73 Å². The molecule has 1 aromatic heterocycles. The van der Waals surface area contributed by atoms with Gasteiger partial charge in [-0.15, -0.1) is 0 Å². The van der Waals surface area contributed by atoms with Crippen LogP contribution in [0.5, 0.6) is 0 Å². The van der Waals surface area contributed by atoms with Gasteiger partial charge >= 0.3 is 0 Å². The Kier molecular flexibility index (Phi) is 4.01. The molecule has 1 heterocycles. The number of thiocarbonyl (C=S) groups is 1. The molecule has 104 valence electrons. The maximum Gasteiger partial charge on any atom is 0.265 e. The van der Waals surface area contributed by atoms with Crippen molar-refractivity contribution in [2.75, 3.05) is 11.4 Å². The molecule has 0 saturated carbocycles. The highest BCUT2D eigenvalue weighted by atomic mass is 32.2. The number of sulfonamides is 1. The third-order valence-corrected chi connectivity index (χ3v) is 4.78. The van der Waals surface area contributed by atoms with E-state index in [2.05, 4.69) is 4.98 Å². The Balaban J connectivity index is 2.37. The van der Waals surface area contributed by atoms with E-state index in [9.17, 15) is 8.42 Å². The molecule has 2 rings (SSSR count). The van der Waals surface area contributed by atoms with Crippen LogP contribution in [-0.2, 0) is 10.0 Å². The molecule has 1 aromatic carbocycles. The smallest absolute Gasteiger partial charge is 0.265 e. The van der Waals surface area contributed by atoms with E-state index in [4.69, 9.17) is 18.0 Å². The minimum atomic E-state index is -3.65. The molecule has 2 N–H and O–H groups in total. The molecule has 5 nitrogen and oxygen atoms in total. The number of hydrogen-bond acceptors (Lipinski definition) is 4. The Bertz CT molecular complexity index is 713. The van der Waals surface area contributed by atoms with E-state index in [0.717, 1.165) is 4.31 Å². The van der Waals surface area contributed by atoms with Crippen molar-refractivity contribution in [1.29, 1.82) is 0 Å². The molecule has 0 bridgehead atoms. The van der Waals surface area contributed by atoms with E-state index in [1.807, 2.05) is 0 Å². The molecule has 0 spiro atoms. The quantitative estimate of drug-likeness (QED) is 0.867. The first-order chi connectivity index (χ1) is 9.43. The maximum atomic E-state index is 12.4. The van der Waals surface area contributed by atoms with Crippen molar-refractivity contribution in [2.45, 2.75) is 4.90 Å². The third-order valence-electron chi connectivity index (χ3n) is 2.77. The van der Waals surface area contributed by atoms with Crippen molar-refractivity contribution in [3.05, 3.63) is 54.2 Å².